The van der Waals surface area contributed by atoms with Crippen LogP contribution in [0.25, 0.3) is 0 Å². The second-order valence-electron chi connectivity index (χ2n) is 2.68. The minimum atomic E-state index is 0.897. The maximum absolute atomic E-state index is 10.3. The Kier molecular flexibility index (Phi) is 4.91. The number of carbonyl (C=O) groups excluding carboxylic acids is 1. The van der Waals surface area contributed by atoms with E-state index in [-0.39, 0.29) is 0 Å². The first-order valence-electron chi connectivity index (χ1n) is 3.84. The zero-order valence-electron chi connectivity index (χ0n) is 7.11. The first-order valence-corrected chi connectivity index (χ1v) is 3.84. The molecule has 0 atom stereocenters. The zero-order valence-corrected chi connectivity index (χ0v) is 7.11. The van der Waals surface area contributed by atoms with Crippen LogP contribution in [-0.4, -0.2) is 6.29 Å². The van der Waals surface area contributed by atoms with Crippen LogP contribution < -0.4 is 0 Å². The second kappa shape index (κ2) is 5.21. The molecule has 0 aromatic heterocycles. The van der Waals surface area contributed by atoms with Crippen LogP contribution in [0.3, 0.4) is 0 Å². The standard InChI is InChI=1S/C9H16O/c1-4-5-6-8(2)9(3)7-10/h7H,4-6H2,1-3H3. The molecule has 10 heavy (non-hydrogen) atoms. The summed E-state index contributed by atoms with van der Waals surface area (Å²) in [4.78, 5) is 10.3. The van der Waals surface area contributed by atoms with Gasteiger partial charge in [-0.3, -0.25) is 4.79 Å². The molecule has 0 saturated heterocycles. The Hall–Kier alpha value is -0.590. The van der Waals surface area contributed by atoms with Gasteiger partial charge in [0.25, 0.3) is 0 Å². The lowest BCUT2D eigenvalue weighted by atomic mass is 10.1. The highest BCUT2D eigenvalue weighted by Gasteiger charge is 1.93. The molecule has 0 aromatic carbocycles. The molecule has 0 heterocycles. The Morgan fingerprint density at radius 1 is 1.40 bits per heavy atom. The van der Waals surface area contributed by atoms with E-state index in [2.05, 4.69) is 6.92 Å². The van der Waals surface area contributed by atoms with Crippen molar-refractivity contribution in [2.45, 2.75) is 40.0 Å². The molecular weight excluding hydrogens is 124 g/mol. The van der Waals surface area contributed by atoms with Crippen molar-refractivity contribution in [1.29, 1.82) is 0 Å². The number of rotatable bonds is 4. The van der Waals surface area contributed by atoms with Crippen LogP contribution in [0.1, 0.15) is 40.0 Å². The number of carbonyl (C=O) groups is 1. The average molecular weight is 140 g/mol. The summed E-state index contributed by atoms with van der Waals surface area (Å²) in [5.74, 6) is 0. The monoisotopic (exact) mass is 140 g/mol. The van der Waals surface area contributed by atoms with Crippen LogP contribution in [0.15, 0.2) is 11.1 Å². The Labute approximate surface area is 63.1 Å². The fraction of sp³-hybridized carbons (Fsp3) is 0.667. The summed E-state index contributed by atoms with van der Waals surface area (Å²) in [6.07, 6.45) is 4.40. The third-order valence-corrected chi connectivity index (χ3v) is 1.76. The van der Waals surface area contributed by atoms with Crippen molar-refractivity contribution in [2.75, 3.05) is 0 Å². The van der Waals surface area contributed by atoms with Crippen molar-refractivity contribution >= 4 is 6.29 Å². The van der Waals surface area contributed by atoms with E-state index in [4.69, 9.17) is 0 Å². The van der Waals surface area contributed by atoms with E-state index in [0.29, 0.717) is 0 Å². The Balaban J connectivity index is 3.79. The highest BCUT2D eigenvalue weighted by molar-refractivity contribution is 5.73. The van der Waals surface area contributed by atoms with Crippen molar-refractivity contribution in [2.24, 2.45) is 0 Å². The fourth-order valence-corrected chi connectivity index (χ4v) is 0.740. The van der Waals surface area contributed by atoms with Gasteiger partial charge >= 0.3 is 0 Å². The van der Waals surface area contributed by atoms with Gasteiger partial charge in [-0.15, -0.1) is 0 Å². The molecule has 0 bridgehead atoms. The summed E-state index contributed by atoms with van der Waals surface area (Å²) >= 11 is 0. The van der Waals surface area contributed by atoms with Gasteiger partial charge < -0.3 is 0 Å². The molecule has 0 amide bonds. The molecular formula is C9H16O. The number of hydrogen-bond donors (Lipinski definition) is 0. The molecule has 0 aliphatic carbocycles. The third kappa shape index (κ3) is 3.44. The van der Waals surface area contributed by atoms with Gasteiger partial charge in [0.2, 0.25) is 0 Å². The molecule has 0 N–H and O–H groups in total. The summed E-state index contributed by atoms with van der Waals surface area (Å²) in [5, 5.41) is 0. The Morgan fingerprint density at radius 3 is 2.40 bits per heavy atom. The van der Waals surface area contributed by atoms with Crippen molar-refractivity contribution in [3.05, 3.63) is 11.1 Å². The van der Waals surface area contributed by atoms with Gasteiger partial charge in [-0.2, -0.15) is 0 Å². The molecule has 0 unspecified atom stereocenters. The van der Waals surface area contributed by atoms with Crippen LogP contribution in [-0.2, 0) is 4.79 Å². The molecule has 0 radical (unpaired) electrons. The molecule has 0 aromatic rings. The predicted molar refractivity (Wildman–Crippen MR) is 44.0 cm³/mol. The van der Waals surface area contributed by atoms with E-state index >= 15 is 0 Å². The van der Waals surface area contributed by atoms with E-state index in [0.717, 1.165) is 18.3 Å². The van der Waals surface area contributed by atoms with E-state index in [1.807, 2.05) is 13.8 Å². The van der Waals surface area contributed by atoms with Crippen molar-refractivity contribution in [3.63, 3.8) is 0 Å². The number of aldehydes is 1. The van der Waals surface area contributed by atoms with Gasteiger partial charge in [-0.05, 0) is 32.3 Å². The molecule has 58 valence electrons. The molecule has 0 fully saturated rings. The minimum absolute atomic E-state index is 0.897. The molecule has 0 rings (SSSR count). The molecule has 1 nitrogen and oxygen atoms in total. The number of unbranched alkanes of at least 4 members (excludes halogenated alkanes) is 1. The van der Waals surface area contributed by atoms with Crippen LogP contribution in [0.2, 0.25) is 0 Å². The summed E-state index contributed by atoms with van der Waals surface area (Å²) in [6, 6.07) is 0. The van der Waals surface area contributed by atoms with Crippen LogP contribution >= 0.6 is 0 Å². The number of allylic oxidation sites excluding steroid dienone is 2. The maximum Gasteiger partial charge on any atom is 0.145 e. The predicted octanol–water partition coefficient (Wildman–Crippen LogP) is 2.71. The first kappa shape index (κ1) is 9.41. The Morgan fingerprint density at radius 2 is 2.00 bits per heavy atom. The van der Waals surface area contributed by atoms with Crippen molar-refractivity contribution in [3.8, 4) is 0 Å². The second-order valence-corrected chi connectivity index (χ2v) is 2.68. The van der Waals surface area contributed by atoms with E-state index in [1.54, 1.807) is 0 Å². The van der Waals surface area contributed by atoms with E-state index in [1.165, 1.54) is 18.4 Å². The van der Waals surface area contributed by atoms with Gasteiger partial charge in [-0.1, -0.05) is 18.9 Å². The Bertz CT molecular complexity index is 134. The summed E-state index contributed by atoms with van der Waals surface area (Å²) < 4.78 is 0. The topological polar surface area (TPSA) is 17.1 Å². The SMILES string of the molecule is CCCCC(C)=C(C)C=O. The highest BCUT2D eigenvalue weighted by Crippen LogP contribution is 2.09. The summed E-state index contributed by atoms with van der Waals surface area (Å²) in [7, 11) is 0. The van der Waals surface area contributed by atoms with Gasteiger partial charge in [0.05, 0.1) is 0 Å². The smallest absolute Gasteiger partial charge is 0.145 e. The molecule has 0 aliphatic heterocycles. The number of hydrogen-bond acceptors (Lipinski definition) is 1. The van der Waals surface area contributed by atoms with E-state index < -0.39 is 0 Å². The first-order chi connectivity index (χ1) is 4.72. The molecule has 0 spiro atoms. The van der Waals surface area contributed by atoms with Crippen LogP contribution in [0.5, 0.6) is 0 Å². The lowest BCUT2D eigenvalue weighted by Gasteiger charge is -1.99. The summed E-state index contributed by atoms with van der Waals surface area (Å²) in [6.45, 7) is 6.06. The summed E-state index contributed by atoms with van der Waals surface area (Å²) in [5.41, 5.74) is 2.13. The average Bonchev–Trinajstić information content (AvgIpc) is 1.98. The van der Waals surface area contributed by atoms with Gasteiger partial charge in [0, 0.05) is 0 Å². The third-order valence-electron chi connectivity index (χ3n) is 1.76. The van der Waals surface area contributed by atoms with Crippen LogP contribution in [0.4, 0.5) is 0 Å². The lowest BCUT2D eigenvalue weighted by molar-refractivity contribution is -0.104. The maximum atomic E-state index is 10.3. The highest BCUT2D eigenvalue weighted by atomic mass is 16.1. The molecule has 1 heteroatoms. The van der Waals surface area contributed by atoms with Crippen molar-refractivity contribution in [1.82, 2.24) is 0 Å². The lowest BCUT2D eigenvalue weighted by Crippen LogP contribution is -1.85. The van der Waals surface area contributed by atoms with Gasteiger partial charge in [0.15, 0.2) is 0 Å². The zero-order chi connectivity index (χ0) is 7.98. The van der Waals surface area contributed by atoms with Gasteiger partial charge in [0.1, 0.15) is 6.29 Å². The quantitative estimate of drug-likeness (QED) is 0.433. The normalized spacial score (nSPS) is 12.7. The molecule has 0 saturated carbocycles. The largest absolute Gasteiger partial charge is 0.298 e. The minimum Gasteiger partial charge on any atom is -0.298 e. The van der Waals surface area contributed by atoms with Gasteiger partial charge in [-0.25, -0.2) is 0 Å². The van der Waals surface area contributed by atoms with E-state index in [9.17, 15) is 4.79 Å². The van der Waals surface area contributed by atoms with Crippen molar-refractivity contribution < 1.29 is 4.79 Å². The fourth-order valence-electron chi connectivity index (χ4n) is 0.740. The molecule has 0 aliphatic rings. The van der Waals surface area contributed by atoms with Crippen LogP contribution in [0, 0.1) is 0 Å².